The van der Waals surface area contributed by atoms with Crippen LogP contribution in [-0.4, -0.2) is 36.5 Å². The molecule has 108 valence electrons. The minimum Gasteiger partial charge on any atom is -0.339 e. The van der Waals surface area contributed by atoms with Gasteiger partial charge in [-0.3, -0.25) is 4.79 Å². The first kappa shape index (κ1) is 13.6. The number of amides is 1. The highest BCUT2D eigenvalue weighted by molar-refractivity contribution is 5.94. The van der Waals surface area contributed by atoms with Crippen LogP contribution in [0.4, 0.5) is 0 Å². The van der Waals surface area contributed by atoms with Gasteiger partial charge in [-0.25, -0.2) is 0 Å². The predicted molar refractivity (Wildman–Crippen MR) is 80.8 cm³/mol. The van der Waals surface area contributed by atoms with Crippen molar-refractivity contribution >= 4 is 5.91 Å². The van der Waals surface area contributed by atoms with E-state index in [1.807, 2.05) is 36.1 Å². The minimum atomic E-state index is 0.186. The second kappa shape index (κ2) is 5.96. The number of likely N-dealkylation sites (tertiary alicyclic amines) is 1. The normalized spacial score (nSPS) is 20.1. The van der Waals surface area contributed by atoms with E-state index in [-0.39, 0.29) is 5.91 Å². The Balaban J connectivity index is 1.49. The third kappa shape index (κ3) is 3.40. The molecule has 0 spiro atoms. The lowest BCUT2D eigenvalue weighted by Crippen LogP contribution is -2.45. The summed E-state index contributed by atoms with van der Waals surface area (Å²) in [6, 6.07) is 8.51. The molecule has 1 N–H and O–H groups in total. The Labute approximate surface area is 121 Å². The van der Waals surface area contributed by atoms with Crippen molar-refractivity contribution in [3.8, 4) is 0 Å². The summed E-state index contributed by atoms with van der Waals surface area (Å²) >= 11 is 0. The molecular formula is C17H24N2O. The minimum absolute atomic E-state index is 0.186. The van der Waals surface area contributed by atoms with Gasteiger partial charge < -0.3 is 10.2 Å². The van der Waals surface area contributed by atoms with Crippen molar-refractivity contribution in [3.63, 3.8) is 0 Å². The average molecular weight is 272 g/mol. The van der Waals surface area contributed by atoms with Crippen LogP contribution in [0.2, 0.25) is 0 Å². The fourth-order valence-corrected chi connectivity index (χ4v) is 2.82. The number of carbonyl (C=O) groups is 1. The smallest absolute Gasteiger partial charge is 0.253 e. The van der Waals surface area contributed by atoms with Gasteiger partial charge in [-0.05, 0) is 57.2 Å². The van der Waals surface area contributed by atoms with Gasteiger partial charge in [0.15, 0.2) is 0 Å². The summed E-state index contributed by atoms with van der Waals surface area (Å²) in [7, 11) is 0. The predicted octanol–water partition coefficient (Wildman–Crippen LogP) is 2.60. The zero-order chi connectivity index (χ0) is 13.9. The van der Waals surface area contributed by atoms with Gasteiger partial charge in [-0.2, -0.15) is 0 Å². The van der Waals surface area contributed by atoms with E-state index in [9.17, 15) is 4.79 Å². The van der Waals surface area contributed by atoms with Gasteiger partial charge in [-0.1, -0.05) is 17.7 Å². The van der Waals surface area contributed by atoms with Crippen LogP contribution in [-0.2, 0) is 0 Å². The van der Waals surface area contributed by atoms with Crippen LogP contribution in [0.15, 0.2) is 24.3 Å². The number of nitrogens with one attached hydrogen (secondary N) is 1. The molecule has 1 heterocycles. The van der Waals surface area contributed by atoms with Crippen molar-refractivity contribution < 1.29 is 4.79 Å². The van der Waals surface area contributed by atoms with Crippen molar-refractivity contribution in [1.82, 2.24) is 10.2 Å². The molecule has 0 bridgehead atoms. The van der Waals surface area contributed by atoms with Gasteiger partial charge in [-0.15, -0.1) is 0 Å². The molecule has 0 atom stereocenters. The van der Waals surface area contributed by atoms with E-state index in [0.29, 0.717) is 6.04 Å². The fraction of sp³-hybridized carbons (Fsp3) is 0.588. The Hall–Kier alpha value is -1.35. The molecule has 3 nitrogen and oxygen atoms in total. The quantitative estimate of drug-likeness (QED) is 0.913. The molecule has 1 aromatic carbocycles. The zero-order valence-corrected chi connectivity index (χ0v) is 12.3. The summed E-state index contributed by atoms with van der Waals surface area (Å²) in [5.74, 6) is 1.12. The van der Waals surface area contributed by atoms with Crippen LogP contribution in [0.25, 0.3) is 0 Å². The van der Waals surface area contributed by atoms with Crippen LogP contribution in [0.1, 0.15) is 41.6 Å². The molecule has 2 fully saturated rings. The number of aryl methyl sites for hydroxylation is 1. The number of carbonyl (C=O) groups excluding carboxylic acids is 1. The highest BCUT2D eigenvalue weighted by atomic mass is 16.2. The average Bonchev–Trinajstić information content (AvgIpc) is 3.30. The van der Waals surface area contributed by atoms with Crippen molar-refractivity contribution in [1.29, 1.82) is 0 Å². The molecule has 2 aliphatic rings. The fourth-order valence-electron chi connectivity index (χ4n) is 2.82. The molecule has 1 amide bonds. The Kier molecular flexibility index (Phi) is 4.06. The van der Waals surface area contributed by atoms with Gasteiger partial charge in [0, 0.05) is 24.7 Å². The molecule has 0 aromatic heterocycles. The molecular weight excluding hydrogens is 248 g/mol. The first-order chi connectivity index (χ1) is 9.72. The van der Waals surface area contributed by atoms with E-state index < -0.39 is 0 Å². The Morgan fingerprint density at radius 3 is 2.40 bits per heavy atom. The first-order valence-electron chi connectivity index (χ1n) is 7.82. The second-order valence-electron chi connectivity index (χ2n) is 6.28. The maximum Gasteiger partial charge on any atom is 0.253 e. The first-order valence-corrected chi connectivity index (χ1v) is 7.82. The second-order valence-corrected chi connectivity index (χ2v) is 6.28. The zero-order valence-electron chi connectivity index (χ0n) is 12.3. The molecule has 0 radical (unpaired) electrons. The van der Waals surface area contributed by atoms with Gasteiger partial charge in [0.05, 0.1) is 0 Å². The SMILES string of the molecule is Cc1ccc(C(=O)N2CCC(NCC3CC3)CC2)cc1. The maximum atomic E-state index is 12.4. The number of hydrogen-bond donors (Lipinski definition) is 1. The van der Waals surface area contributed by atoms with E-state index in [1.54, 1.807) is 0 Å². The topological polar surface area (TPSA) is 32.3 Å². The van der Waals surface area contributed by atoms with Crippen molar-refractivity contribution in [2.75, 3.05) is 19.6 Å². The van der Waals surface area contributed by atoms with Crippen LogP contribution in [0.3, 0.4) is 0 Å². The van der Waals surface area contributed by atoms with Crippen LogP contribution >= 0.6 is 0 Å². The Bertz CT molecular complexity index is 456. The summed E-state index contributed by atoms with van der Waals surface area (Å²) in [5.41, 5.74) is 2.02. The number of nitrogens with zero attached hydrogens (tertiary/aromatic N) is 1. The molecule has 3 heteroatoms. The van der Waals surface area contributed by atoms with Gasteiger partial charge in [0.1, 0.15) is 0 Å². The van der Waals surface area contributed by atoms with E-state index in [4.69, 9.17) is 0 Å². The van der Waals surface area contributed by atoms with E-state index in [1.165, 1.54) is 24.9 Å². The maximum absolute atomic E-state index is 12.4. The van der Waals surface area contributed by atoms with Crippen LogP contribution < -0.4 is 5.32 Å². The largest absolute Gasteiger partial charge is 0.339 e. The lowest BCUT2D eigenvalue weighted by molar-refractivity contribution is 0.0705. The number of hydrogen-bond acceptors (Lipinski definition) is 2. The number of rotatable bonds is 4. The molecule has 1 aliphatic carbocycles. The molecule has 0 unspecified atom stereocenters. The van der Waals surface area contributed by atoms with E-state index in [0.717, 1.165) is 37.4 Å². The van der Waals surface area contributed by atoms with Crippen molar-refractivity contribution in [3.05, 3.63) is 35.4 Å². The Morgan fingerprint density at radius 2 is 1.80 bits per heavy atom. The molecule has 20 heavy (non-hydrogen) atoms. The van der Waals surface area contributed by atoms with Gasteiger partial charge in [0.25, 0.3) is 5.91 Å². The summed E-state index contributed by atoms with van der Waals surface area (Å²) in [4.78, 5) is 14.4. The number of piperidine rings is 1. The highest BCUT2D eigenvalue weighted by Gasteiger charge is 2.26. The van der Waals surface area contributed by atoms with Crippen LogP contribution in [0.5, 0.6) is 0 Å². The third-order valence-corrected chi connectivity index (χ3v) is 4.47. The molecule has 1 aromatic rings. The molecule has 1 saturated carbocycles. The van der Waals surface area contributed by atoms with E-state index >= 15 is 0 Å². The monoisotopic (exact) mass is 272 g/mol. The van der Waals surface area contributed by atoms with Crippen molar-refractivity contribution in [2.24, 2.45) is 5.92 Å². The third-order valence-electron chi connectivity index (χ3n) is 4.47. The lowest BCUT2D eigenvalue weighted by atomic mass is 10.0. The molecule has 1 aliphatic heterocycles. The number of benzene rings is 1. The summed E-state index contributed by atoms with van der Waals surface area (Å²) in [6.07, 6.45) is 4.98. The summed E-state index contributed by atoms with van der Waals surface area (Å²) in [6.45, 7) is 4.99. The van der Waals surface area contributed by atoms with Gasteiger partial charge in [0.2, 0.25) is 0 Å². The Morgan fingerprint density at radius 1 is 1.15 bits per heavy atom. The van der Waals surface area contributed by atoms with Crippen molar-refractivity contribution in [2.45, 2.75) is 38.6 Å². The highest BCUT2D eigenvalue weighted by Crippen LogP contribution is 2.28. The molecule has 3 rings (SSSR count). The molecule has 1 saturated heterocycles. The van der Waals surface area contributed by atoms with Crippen LogP contribution in [0, 0.1) is 12.8 Å². The summed E-state index contributed by atoms with van der Waals surface area (Å²) < 4.78 is 0. The van der Waals surface area contributed by atoms with Gasteiger partial charge >= 0.3 is 0 Å². The standard InChI is InChI=1S/C17H24N2O/c1-13-2-6-15(7-3-13)17(20)19-10-8-16(9-11-19)18-12-14-4-5-14/h2-3,6-7,14,16,18H,4-5,8-12H2,1H3. The van der Waals surface area contributed by atoms with E-state index in [2.05, 4.69) is 5.32 Å². The summed E-state index contributed by atoms with van der Waals surface area (Å²) in [5, 5.41) is 3.65. The lowest BCUT2D eigenvalue weighted by Gasteiger charge is -2.32.